The number of halogens is 4. The number of nitrogens with zero attached hydrogens (tertiary/aromatic N) is 3. The van der Waals surface area contributed by atoms with Gasteiger partial charge in [0.15, 0.2) is 8.42 Å². The van der Waals surface area contributed by atoms with Crippen molar-refractivity contribution >= 4 is 89.3 Å². The average molecular weight is 1000 g/mol. The Morgan fingerprint density at radius 2 is 1.10 bits per heavy atom. The van der Waals surface area contributed by atoms with Crippen molar-refractivity contribution < 1.29 is 44.9 Å². The van der Waals surface area contributed by atoms with Gasteiger partial charge in [0, 0.05) is 73.7 Å². The van der Waals surface area contributed by atoms with Gasteiger partial charge < -0.3 is 33.0 Å². The van der Waals surface area contributed by atoms with Crippen molar-refractivity contribution in [1.29, 1.82) is 0 Å². The van der Waals surface area contributed by atoms with Gasteiger partial charge in [0.1, 0.15) is 11.5 Å². The van der Waals surface area contributed by atoms with Crippen molar-refractivity contribution in [2.24, 2.45) is 0 Å². The van der Waals surface area contributed by atoms with Crippen LogP contribution in [-0.4, -0.2) is 86.5 Å². The quantitative estimate of drug-likeness (QED) is 0.0702. The van der Waals surface area contributed by atoms with Crippen LogP contribution in [0.3, 0.4) is 0 Å². The number of benzene rings is 2. The van der Waals surface area contributed by atoms with E-state index in [-0.39, 0.29) is 8.42 Å². The van der Waals surface area contributed by atoms with Crippen LogP contribution in [-0.2, 0) is 55.8 Å². The zero-order valence-electron chi connectivity index (χ0n) is 32.9. The number of thiophene rings is 2. The first-order chi connectivity index (χ1) is 29.6. The molecule has 330 valence electrons. The summed E-state index contributed by atoms with van der Waals surface area (Å²) in [5, 5.41) is 1.77. The summed E-state index contributed by atoms with van der Waals surface area (Å²) in [6.07, 6.45) is 6.54. The van der Waals surface area contributed by atoms with Crippen LogP contribution in [0.15, 0.2) is 69.3 Å². The van der Waals surface area contributed by atoms with Crippen molar-refractivity contribution in [3.8, 4) is 44.0 Å². The summed E-state index contributed by atoms with van der Waals surface area (Å²) in [6, 6.07) is 13.0. The van der Waals surface area contributed by atoms with Gasteiger partial charge in [-0.05, 0) is 78.5 Å². The molecule has 0 bridgehead atoms. The van der Waals surface area contributed by atoms with Crippen LogP contribution in [0.2, 0.25) is 20.1 Å². The molecular formula is C41H39Cl4N3O10S4. The fourth-order valence-corrected chi connectivity index (χ4v) is 12.3. The lowest BCUT2D eigenvalue weighted by atomic mass is 10.1. The molecule has 0 atom stereocenters. The van der Waals surface area contributed by atoms with Crippen molar-refractivity contribution in [2.75, 3.05) is 46.6 Å². The van der Waals surface area contributed by atoms with Crippen LogP contribution in [0.4, 0.5) is 0 Å². The van der Waals surface area contributed by atoms with E-state index in [9.17, 15) is 25.9 Å². The fraction of sp³-hybridized carbons (Fsp3) is 0.317. The zero-order valence-corrected chi connectivity index (χ0v) is 39.2. The normalized spacial score (nSPS) is 13.8. The maximum absolute atomic E-state index is 12.1. The Labute approximate surface area is 386 Å². The second kappa shape index (κ2) is 18.8. The maximum Gasteiger partial charge on any atom is 0.304 e. The number of rotatable bonds is 16. The Bertz CT molecular complexity index is 2680. The molecule has 13 nitrogen and oxygen atoms in total. The minimum Gasteiger partial charge on any atom is -0.492 e. The summed E-state index contributed by atoms with van der Waals surface area (Å²) in [4.78, 5) is 3.34. The lowest BCUT2D eigenvalue weighted by Gasteiger charge is -2.16. The van der Waals surface area contributed by atoms with Crippen LogP contribution < -0.4 is 9.47 Å². The van der Waals surface area contributed by atoms with E-state index in [1.807, 2.05) is 28.6 Å². The molecule has 0 aliphatic carbocycles. The van der Waals surface area contributed by atoms with Gasteiger partial charge in [0.25, 0.3) is 0 Å². The molecule has 0 fully saturated rings. The second-order valence-corrected chi connectivity index (χ2v) is 21.8. The molecule has 0 spiro atoms. The Morgan fingerprint density at radius 3 is 1.48 bits per heavy atom. The Balaban J connectivity index is 0.877. The van der Waals surface area contributed by atoms with Crippen molar-refractivity contribution in [2.45, 2.75) is 47.3 Å². The van der Waals surface area contributed by atoms with E-state index in [1.54, 1.807) is 36.4 Å². The predicted molar refractivity (Wildman–Crippen MR) is 242 cm³/mol. The highest BCUT2D eigenvalue weighted by Crippen LogP contribution is 2.48. The molecule has 0 saturated carbocycles. The molecule has 6 aromatic rings. The van der Waals surface area contributed by atoms with Crippen LogP contribution in [0, 0.1) is 0 Å². The van der Waals surface area contributed by atoms with E-state index in [0.29, 0.717) is 105 Å². The largest absolute Gasteiger partial charge is 0.492 e. The highest BCUT2D eigenvalue weighted by Gasteiger charge is 2.31. The van der Waals surface area contributed by atoms with Gasteiger partial charge in [-0.3, -0.25) is 9.11 Å². The summed E-state index contributed by atoms with van der Waals surface area (Å²) in [6.45, 7) is 3.80. The van der Waals surface area contributed by atoms with Crippen LogP contribution in [0.25, 0.3) is 32.5 Å². The third-order valence-corrected chi connectivity index (χ3v) is 16.3. The molecule has 0 amide bonds. The van der Waals surface area contributed by atoms with E-state index in [1.165, 1.54) is 12.1 Å². The van der Waals surface area contributed by atoms with Crippen LogP contribution in [0.5, 0.6) is 11.5 Å². The summed E-state index contributed by atoms with van der Waals surface area (Å²) < 4.78 is 95.5. The van der Waals surface area contributed by atoms with Gasteiger partial charge in [0.05, 0.1) is 69.0 Å². The lowest BCUT2D eigenvalue weighted by Crippen LogP contribution is -2.23. The first kappa shape index (κ1) is 45.4. The van der Waals surface area contributed by atoms with E-state index >= 15 is 0 Å². The topological polar surface area (TPSA) is 159 Å². The average Bonchev–Trinajstić information content (AvgIpc) is 3.94. The molecule has 2 N–H and O–H groups in total. The second-order valence-electron chi connectivity index (χ2n) is 14.7. The standard InChI is InChI=1S/C41H39Cl4N3O10S4/c1-46(10-2-12-55-22-24-20-47(32-6-4-26(42)16-30(32)44)38-28(24)8-14-57-34-18-36(59-40(34)38)61(49,50)51)11-3-13-56-23-25-21-48(33-7-5-27(43)17-31(33)45)39-29(25)9-15-58-35-19-37(60-41(35)39)62(52,53)54/h4-7,16-21H,2-3,8-15,22-23H2,1H3,(H,49,50,51)(H,52,53,54). The molecule has 2 aliphatic heterocycles. The smallest absolute Gasteiger partial charge is 0.304 e. The van der Waals surface area contributed by atoms with Gasteiger partial charge in [-0.2, -0.15) is 16.8 Å². The molecule has 0 unspecified atom stereocenters. The molecule has 21 heteroatoms. The first-order valence-corrected chi connectivity index (χ1v) is 25.3. The van der Waals surface area contributed by atoms with E-state index < -0.39 is 20.2 Å². The van der Waals surface area contributed by atoms with Crippen LogP contribution in [0.1, 0.15) is 35.1 Å². The monoisotopic (exact) mass is 1000 g/mol. The molecular weight excluding hydrogens is 965 g/mol. The molecule has 4 aromatic heterocycles. The van der Waals surface area contributed by atoms with E-state index in [2.05, 4.69) is 4.90 Å². The van der Waals surface area contributed by atoms with Crippen LogP contribution >= 0.6 is 69.1 Å². The van der Waals surface area contributed by atoms with Gasteiger partial charge in [-0.25, -0.2) is 0 Å². The number of ether oxygens (including phenoxy) is 4. The number of hydrogen-bond acceptors (Lipinski definition) is 11. The van der Waals surface area contributed by atoms with Crippen molar-refractivity contribution in [3.63, 3.8) is 0 Å². The molecule has 2 aromatic carbocycles. The molecule has 0 saturated heterocycles. The lowest BCUT2D eigenvalue weighted by molar-refractivity contribution is 0.100. The minimum absolute atomic E-state index is 0.211. The Kier molecular flexibility index (Phi) is 13.7. The summed E-state index contributed by atoms with van der Waals surface area (Å²) >= 11 is 27.6. The first-order valence-electron chi connectivity index (χ1n) is 19.3. The van der Waals surface area contributed by atoms with Crippen molar-refractivity contribution in [1.82, 2.24) is 14.0 Å². The van der Waals surface area contributed by atoms with Gasteiger partial charge >= 0.3 is 20.2 Å². The van der Waals surface area contributed by atoms with Crippen molar-refractivity contribution in [3.05, 3.63) is 103 Å². The fourth-order valence-electron chi connectivity index (χ4n) is 7.60. The molecule has 62 heavy (non-hydrogen) atoms. The van der Waals surface area contributed by atoms with E-state index in [0.717, 1.165) is 82.2 Å². The maximum atomic E-state index is 12.1. The highest BCUT2D eigenvalue weighted by atomic mass is 35.5. The number of hydrogen-bond donors (Lipinski definition) is 2. The Morgan fingerprint density at radius 1 is 0.677 bits per heavy atom. The van der Waals surface area contributed by atoms with Gasteiger partial charge in [-0.15, -0.1) is 22.7 Å². The third kappa shape index (κ3) is 9.76. The summed E-state index contributed by atoms with van der Waals surface area (Å²) in [5.41, 5.74) is 6.44. The summed E-state index contributed by atoms with van der Waals surface area (Å²) in [5.74, 6) is 0.734. The number of fused-ring (bicyclic) bond motifs is 6. The third-order valence-electron chi connectivity index (χ3n) is 10.4. The number of aromatic nitrogens is 2. The summed E-state index contributed by atoms with van der Waals surface area (Å²) in [7, 11) is -6.86. The predicted octanol–water partition coefficient (Wildman–Crippen LogP) is 10.1. The zero-order chi connectivity index (χ0) is 43.9. The Hall–Kier alpha value is -3.14. The van der Waals surface area contributed by atoms with E-state index in [4.69, 9.17) is 65.4 Å². The highest BCUT2D eigenvalue weighted by molar-refractivity contribution is 7.88. The molecule has 2 aliphatic rings. The van der Waals surface area contributed by atoms with Gasteiger partial charge in [0.2, 0.25) is 0 Å². The molecule has 0 radical (unpaired) electrons. The van der Waals surface area contributed by atoms with Gasteiger partial charge in [-0.1, -0.05) is 46.4 Å². The molecule has 6 heterocycles. The molecule has 8 rings (SSSR count). The SMILES string of the molecule is CN(CCCOCc1cn(-c2ccc(Cl)cc2Cl)c2c1CCOc1cc(S(=O)(=O)O)sc1-2)CCCOCc1cn(-c2ccc(Cl)cc2Cl)c2c1CCOc1cc(S(=O)(=O)O)sc1-2. The minimum atomic E-state index is -4.45.